The van der Waals surface area contributed by atoms with Crippen LogP contribution in [0.5, 0.6) is 5.75 Å². The number of ether oxygens (including phenoxy) is 1. The number of sulfonamides is 1. The number of halogens is 3. The Morgan fingerprint density at radius 2 is 1.77 bits per heavy atom. The smallest absolute Gasteiger partial charge is 0.416 e. The Labute approximate surface area is 179 Å². The molecule has 0 saturated carbocycles. The summed E-state index contributed by atoms with van der Waals surface area (Å²) in [6.07, 6.45) is -3.47. The molecule has 168 valence electrons. The number of carbonyl (C=O) groups is 1. The van der Waals surface area contributed by atoms with Gasteiger partial charge in [-0.25, -0.2) is 8.42 Å². The Kier molecular flexibility index (Phi) is 6.90. The number of nitrogens with zero attached hydrogens (tertiary/aromatic N) is 1. The Morgan fingerprint density at radius 1 is 1.13 bits per heavy atom. The number of anilines is 1. The summed E-state index contributed by atoms with van der Waals surface area (Å²) in [4.78, 5) is 12.7. The average molecular weight is 456 g/mol. The molecule has 0 aromatic heterocycles. The Bertz CT molecular complexity index is 1010. The molecule has 10 heteroatoms. The molecule has 1 heterocycles. The fourth-order valence-corrected chi connectivity index (χ4v) is 4.91. The van der Waals surface area contributed by atoms with Gasteiger partial charge in [0.2, 0.25) is 15.9 Å². The maximum atomic E-state index is 13.0. The maximum Gasteiger partial charge on any atom is 0.416 e. The van der Waals surface area contributed by atoms with Gasteiger partial charge >= 0.3 is 6.18 Å². The van der Waals surface area contributed by atoms with Crippen molar-refractivity contribution in [1.82, 2.24) is 4.31 Å². The summed E-state index contributed by atoms with van der Waals surface area (Å²) in [5.74, 6) is -0.464. The molecule has 1 fully saturated rings. The van der Waals surface area contributed by atoms with Crippen LogP contribution in [0.2, 0.25) is 0 Å². The zero-order chi connectivity index (χ0) is 22.6. The number of piperidine rings is 1. The van der Waals surface area contributed by atoms with E-state index in [-0.39, 0.29) is 17.1 Å². The van der Waals surface area contributed by atoms with Gasteiger partial charge in [0.15, 0.2) is 0 Å². The zero-order valence-corrected chi connectivity index (χ0v) is 17.7. The van der Waals surface area contributed by atoms with E-state index in [1.165, 1.54) is 28.6 Å². The molecule has 3 rings (SSSR count). The second kappa shape index (κ2) is 9.27. The molecule has 0 bridgehead atoms. The van der Waals surface area contributed by atoms with Crippen LogP contribution in [0, 0.1) is 5.92 Å². The normalized spacial score (nSPS) is 17.9. The first-order valence-corrected chi connectivity index (χ1v) is 11.3. The van der Waals surface area contributed by atoms with Gasteiger partial charge in [0.05, 0.1) is 23.0 Å². The molecule has 1 aliphatic rings. The summed E-state index contributed by atoms with van der Waals surface area (Å²) in [6, 6.07) is 10.2. The van der Waals surface area contributed by atoms with Gasteiger partial charge in [-0.1, -0.05) is 0 Å². The monoisotopic (exact) mass is 456 g/mol. The number of rotatable bonds is 6. The Hall–Kier alpha value is -2.59. The molecular weight excluding hydrogens is 433 g/mol. The fraction of sp³-hybridized carbons (Fsp3) is 0.381. The minimum atomic E-state index is -4.46. The lowest BCUT2D eigenvalue weighted by Crippen LogP contribution is -2.43. The molecular formula is C21H23F3N2O4S. The SMILES string of the molecule is CCOc1ccc(S(=O)(=O)N2CCC[C@H](C(=O)Nc3ccc(C(F)(F)F)cc3)C2)cc1. The van der Waals surface area contributed by atoms with Crippen molar-refractivity contribution in [3.63, 3.8) is 0 Å². The van der Waals surface area contributed by atoms with Crippen LogP contribution in [0.3, 0.4) is 0 Å². The third kappa shape index (κ3) is 5.56. The highest BCUT2D eigenvalue weighted by atomic mass is 32.2. The number of amides is 1. The van der Waals surface area contributed by atoms with Crippen molar-refractivity contribution in [3.05, 3.63) is 54.1 Å². The van der Waals surface area contributed by atoms with Crippen LogP contribution in [0.25, 0.3) is 0 Å². The third-order valence-corrected chi connectivity index (χ3v) is 6.89. The van der Waals surface area contributed by atoms with Crippen molar-refractivity contribution in [2.45, 2.75) is 30.8 Å². The van der Waals surface area contributed by atoms with Gasteiger partial charge in [0.1, 0.15) is 5.75 Å². The summed E-state index contributed by atoms with van der Waals surface area (Å²) < 4.78 is 70.5. The first-order valence-electron chi connectivity index (χ1n) is 9.82. The Morgan fingerprint density at radius 3 is 2.35 bits per heavy atom. The lowest BCUT2D eigenvalue weighted by atomic mass is 9.98. The summed E-state index contributed by atoms with van der Waals surface area (Å²) >= 11 is 0. The highest BCUT2D eigenvalue weighted by molar-refractivity contribution is 7.89. The van der Waals surface area contributed by atoms with Crippen molar-refractivity contribution in [2.24, 2.45) is 5.92 Å². The van der Waals surface area contributed by atoms with Crippen molar-refractivity contribution < 1.29 is 31.1 Å². The van der Waals surface area contributed by atoms with E-state index in [0.29, 0.717) is 31.7 Å². The van der Waals surface area contributed by atoms with Gasteiger partial charge in [0, 0.05) is 18.8 Å². The molecule has 0 unspecified atom stereocenters. The highest BCUT2D eigenvalue weighted by Gasteiger charge is 2.34. The van der Waals surface area contributed by atoms with E-state index in [4.69, 9.17) is 4.74 Å². The van der Waals surface area contributed by atoms with Crippen molar-refractivity contribution in [2.75, 3.05) is 25.0 Å². The minimum absolute atomic E-state index is 0.00200. The Balaban J connectivity index is 1.67. The topological polar surface area (TPSA) is 75.7 Å². The van der Waals surface area contributed by atoms with E-state index >= 15 is 0 Å². The van der Waals surface area contributed by atoms with Crippen LogP contribution in [0.4, 0.5) is 18.9 Å². The van der Waals surface area contributed by atoms with Crippen LogP contribution in [-0.4, -0.2) is 38.3 Å². The highest BCUT2D eigenvalue weighted by Crippen LogP contribution is 2.30. The predicted molar refractivity (Wildman–Crippen MR) is 109 cm³/mol. The summed E-state index contributed by atoms with van der Waals surface area (Å²) in [5, 5.41) is 2.58. The van der Waals surface area contributed by atoms with E-state index in [2.05, 4.69) is 5.32 Å². The van der Waals surface area contributed by atoms with E-state index in [9.17, 15) is 26.4 Å². The molecule has 1 aliphatic heterocycles. The van der Waals surface area contributed by atoms with E-state index in [1.807, 2.05) is 6.92 Å². The van der Waals surface area contributed by atoms with Gasteiger partial charge in [-0.3, -0.25) is 4.79 Å². The standard InChI is InChI=1S/C21H23F3N2O4S/c1-2-30-18-9-11-19(12-10-18)31(28,29)26-13-3-4-15(14-26)20(27)25-17-7-5-16(6-8-17)21(22,23)24/h5-12,15H,2-4,13-14H2,1H3,(H,25,27)/t15-/m0/s1. The van der Waals surface area contributed by atoms with Gasteiger partial charge in [-0.2, -0.15) is 17.5 Å². The van der Waals surface area contributed by atoms with Crippen molar-refractivity contribution in [3.8, 4) is 5.75 Å². The summed E-state index contributed by atoms with van der Waals surface area (Å²) in [5.41, 5.74) is -0.583. The lowest BCUT2D eigenvalue weighted by molar-refractivity contribution is -0.137. The molecule has 1 N–H and O–H groups in total. The molecule has 1 amide bonds. The molecule has 0 radical (unpaired) electrons. The number of alkyl halides is 3. The molecule has 0 aliphatic carbocycles. The lowest BCUT2D eigenvalue weighted by Gasteiger charge is -2.31. The molecule has 1 saturated heterocycles. The number of nitrogens with one attached hydrogen (secondary N) is 1. The summed E-state index contributed by atoms with van der Waals surface area (Å²) in [6.45, 7) is 2.59. The van der Waals surface area contributed by atoms with E-state index in [1.54, 1.807) is 12.1 Å². The van der Waals surface area contributed by atoms with Crippen molar-refractivity contribution >= 4 is 21.6 Å². The van der Waals surface area contributed by atoms with Crippen LogP contribution in [0.15, 0.2) is 53.4 Å². The molecule has 2 aromatic rings. The van der Waals surface area contributed by atoms with Crippen LogP contribution >= 0.6 is 0 Å². The van der Waals surface area contributed by atoms with E-state index in [0.717, 1.165) is 12.1 Å². The van der Waals surface area contributed by atoms with Gasteiger partial charge in [0.25, 0.3) is 0 Å². The summed E-state index contributed by atoms with van der Waals surface area (Å²) in [7, 11) is -3.78. The number of hydrogen-bond donors (Lipinski definition) is 1. The van der Waals surface area contributed by atoms with Crippen LogP contribution < -0.4 is 10.1 Å². The molecule has 31 heavy (non-hydrogen) atoms. The van der Waals surface area contributed by atoms with Crippen LogP contribution in [0.1, 0.15) is 25.3 Å². The molecule has 6 nitrogen and oxygen atoms in total. The molecule has 1 atom stereocenters. The van der Waals surface area contributed by atoms with Crippen LogP contribution in [-0.2, 0) is 21.0 Å². The zero-order valence-electron chi connectivity index (χ0n) is 16.9. The quantitative estimate of drug-likeness (QED) is 0.709. The average Bonchev–Trinajstić information content (AvgIpc) is 2.74. The van der Waals surface area contributed by atoms with E-state index < -0.39 is 33.6 Å². The largest absolute Gasteiger partial charge is 0.494 e. The first-order chi connectivity index (χ1) is 14.6. The fourth-order valence-electron chi connectivity index (χ4n) is 3.39. The number of carbonyl (C=O) groups excluding carboxylic acids is 1. The second-order valence-corrected chi connectivity index (χ2v) is 9.11. The first kappa shape index (κ1) is 23.1. The third-order valence-electron chi connectivity index (χ3n) is 5.01. The van der Waals surface area contributed by atoms with Crippen molar-refractivity contribution in [1.29, 1.82) is 0 Å². The maximum absolute atomic E-state index is 13.0. The predicted octanol–water partition coefficient (Wildman–Crippen LogP) is 4.14. The van der Waals surface area contributed by atoms with Gasteiger partial charge < -0.3 is 10.1 Å². The second-order valence-electron chi connectivity index (χ2n) is 7.17. The molecule has 0 spiro atoms. The number of benzene rings is 2. The van der Waals surface area contributed by atoms with Gasteiger partial charge in [-0.15, -0.1) is 0 Å². The number of hydrogen-bond acceptors (Lipinski definition) is 4. The van der Waals surface area contributed by atoms with Gasteiger partial charge in [-0.05, 0) is 68.3 Å². The molecule has 2 aromatic carbocycles. The minimum Gasteiger partial charge on any atom is -0.494 e.